The van der Waals surface area contributed by atoms with Gasteiger partial charge in [-0.1, -0.05) is 13.8 Å². The lowest BCUT2D eigenvalue weighted by molar-refractivity contribution is 0.0495. The molecule has 0 radical (unpaired) electrons. The fourth-order valence-corrected chi connectivity index (χ4v) is 3.05. The van der Waals surface area contributed by atoms with Crippen LogP contribution in [0.15, 0.2) is 35.2 Å². The number of aromatic nitrogens is 3. The highest BCUT2D eigenvalue weighted by Crippen LogP contribution is 2.27. The predicted octanol–water partition coefficient (Wildman–Crippen LogP) is 4.77. The van der Waals surface area contributed by atoms with Crippen molar-refractivity contribution in [3.63, 3.8) is 0 Å². The first-order valence-electron chi connectivity index (χ1n) is 9.76. The van der Waals surface area contributed by atoms with E-state index < -0.39 is 17.7 Å². The minimum Gasteiger partial charge on any atom is -0.444 e. The van der Waals surface area contributed by atoms with Crippen LogP contribution in [0, 0.1) is 17.2 Å². The van der Waals surface area contributed by atoms with Gasteiger partial charge in [0.15, 0.2) is 23.7 Å². The Morgan fingerprint density at radius 3 is 2.67 bits per heavy atom. The Morgan fingerprint density at radius 2 is 2.07 bits per heavy atom. The number of oxazole rings is 1. The van der Waals surface area contributed by atoms with Crippen LogP contribution in [0.4, 0.5) is 4.79 Å². The van der Waals surface area contributed by atoms with Gasteiger partial charge in [-0.3, -0.25) is 0 Å². The number of benzene rings is 1. The molecule has 1 aromatic carbocycles. The maximum Gasteiger partial charge on any atom is 0.408 e. The molecule has 0 fully saturated rings. The number of amides is 1. The maximum absolute atomic E-state index is 12.3. The first-order valence-corrected chi connectivity index (χ1v) is 9.76. The van der Waals surface area contributed by atoms with E-state index in [1.165, 1.54) is 6.39 Å². The summed E-state index contributed by atoms with van der Waals surface area (Å²) in [5, 5.41) is 13.2. The summed E-state index contributed by atoms with van der Waals surface area (Å²) < 4.78 is 10.7. The van der Waals surface area contributed by atoms with Crippen LogP contribution in [0.1, 0.15) is 58.6 Å². The minimum absolute atomic E-state index is 0.233. The van der Waals surface area contributed by atoms with Crippen molar-refractivity contribution in [2.45, 2.75) is 52.7 Å². The molecule has 0 aliphatic carbocycles. The van der Waals surface area contributed by atoms with Crippen molar-refractivity contribution in [1.82, 2.24) is 20.3 Å². The number of carbonyl (C=O) groups excluding carboxylic acids is 1. The SMILES string of the molecule is CC(C)CC(NC(=O)OC(C)(C)C)c1nc(C#N)c2cc(-c3cnco3)ccc2n1. The van der Waals surface area contributed by atoms with Gasteiger partial charge in [0, 0.05) is 10.9 Å². The molecule has 0 aliphatic heterocycles. The molecule has 0 saturated heterocycles. The van der Waals surface area contributed by atoms with Gasteiger partial charge in [-0.2, -0.15) is 5.26 Å². The van der Waals surface area contributed by atoms with Crippen LogP contribution in [0.25, 0.3) is 22.2 Å². The number of alkyl carbamates (subject to hydrolysis) is 1. The Balaban J connectivity index is 2.00. The Hall–Kier alpha value is -3.47. The van der Waals surface area contributed by atoms with Crippen LogP contribution >= 0.6 is 0 Å². The summed E-state index contributed by atoms with van der Waals surface area (Å²) in [4.78, 5) is 25.4. The molecular weight excluding hydrogens is 382 g/mol. The van der Waals surface area contributed by atoms with E-state index in [-0.39, 0.29) is 11.6 Å². The molecule has 3 aromatic rings. The fraction of sp³-hybridized carbons (Fsp3) is 0.409. The van der Waals surface area contributed by atoms with Gasteiger partial charge >= 0.3 is 6.09 Å². The third kappa shape index (κ3) is 5.11. The highest BCUT2D eigenvalue weighted by atomic mass is 16.6. The first kappa shape index (κ1) is 21.2. The van der Waals surface area contributed by atoms with Gasteiger partial charge in [-0.25, -0.2) is 19.7 Å². The van der Waals surface area contributed by atoms with Crippen molar-refractivity contribution < 1.29 is 13.9 Å². The van der Waals surface area contributed by atoms with Crippen LogP contribution in [-0.2, 0) is 4.74 Å². The van der Waals surface area contributed by atoms with Crippen molar-refractivity contribution in [2.75, 3.05) is 0 Å². The van der Waals surface area contributed by atoms with Crippen LogP contribution < -0.4 is 5.32 Å². The number of hydrogen-bond acceptors (Lipinski definition) is 7. The number of nitrogens with one attached hydrogen (secondary N) is 1. The average Bonchev–Trinajstić information content (AvgIpc) is 3.19. The number of fused-ring (bicyclic) bond motifs is 1. The van der Waals surface area contributed by atoms with Gasteiger partial charge in [-0.15, -0.1) is 0 Å². The van der Waals surface area contributed by atoms with Gasteiger partial charge in [0.2, 0.25) is 0 Å². The van der Waals surface area contributed by atoms with E-state index in [0.29, 0.717) is 28.9 Å². The molecule has 0 saturated carbocycles. The Morgan fingerprint density at radius 1 is 1.30 bits per heavy atom. The second-order valence-corrected chi connectivity index (χ2v) is 8.47. The molecule has 8 heteroatoms. The smallest absolute Gasteiger partial charge is 0.408 e. The normalized spacial score (nSPS) is 12.6. The molecule has 1 atom stereocenters. The van der Waals surface area contributed by atoms with E-state index in [0.717, 1.165) is 5.56 Å². The number of hydrogen-bond donors (Lipinski definition) is 1. The molecule has 1 amide bonds. The zero-order chi connectivity index (χ0) is 21.9. The van der Waals surface area contributed by atoms with Crippen molar-refractivity contribution in [1.29, 1.82) is 5.26 Å². The zero-order valence-corrected chi connectivity index (χ0v) is 17.8. The summed E-state index contributed by atoms with van der Waals surface area (Å²) in [7, 11) is 0. The summed E-state index contributed by atoms with van der Waals surface area (Å²) in [5.41, 5.74) is 1.00. The number of carbonyl (C=O) groups is 1. The van der Waals surface area contributed by atoms with Gasteiger partial charge in [0.1, 0.15) is 11.7 Å². The Bertz CT molecular complexity index is 1080. The molecule has 8 nitrogen and oxygen atoms in total. The highest BCUT2D eigenvalue weighted by molar-refractivity contribution is 5.87. The second kappa shape index (κ2) is 8.49. The van der Waals surface area contributed by atoms with Crippen molar-refractivity contribution in [2.24, 2.45) is 5.92 Å². The molecule has 0 aliphatic rings. The summed E-state index contributed by atoms with van der Waals surface area (Å²) in [6.07, 6.45) is 3.01. The van der Waals surface area contributed by atoms with E-state index >= 15 is 0 Å². The second-order valence-electron chi connectivity index (χ2n) is 8.47. The molecule has 30 heavy (non-hydrogen) atoms. The van der Waals surface area contributed by atoms with Gasteiger partial charge in [0.05, 0.1) is 17.8 Å². The van der Waals surface area contributed by atoms with Crippen LogP contribution in [0.5, 0.6) is 0 Å². The number of nitriles is 1. The van der Waals surface area contributed by atoms with E-state index in [1.807, 2.05) is 19.9 Å². The third-order valence-corrected chi connectivity index (χ3v) is 4.25. The predicted molar refractivity (Wildman–Crippen MR) is 111 cm³/mol. The molecule has 2 aromatic heterocycles. The summed E-state index contributed by atoms with van der Waals surface area (Å²) in [6, 6.07) is 7.11. The summed E-state index contributed by atoms with van der Waals surface area (Å²) in [5.74, 6) is 1.24. The number of nitrogens with zero attached hydrogens (tertiary/aromatic N) is 4. The van der Waals surface area contributed by atoms with Crippen LogP contribution in [-0.4, -0.2) is 26.6 Å². The third-order valence-electron chi connectivity index (χ3n) is 4.25. The van der Waals surface area contributed by atoms with Gasteiger partial charge in [0.25, 0.3) is 0 Å². The zero-order valence-electron chi connectivity index (χ0n) is 17.8. The molecule has 156 valence electrons. The monoisotopic (exact) mass is 407 g/mol. The molecule has 3 rings (SSSR count). The molecule has 1 N–H and O–H groups in total. The topological polar surface area (TPSA) is 114 Å². The van der Waals surface area contributed by atoms with Crippen molar-refractivity contribution in [3.05, 3.63) is 42.3 Å². The van der Waals surface area contributed by atoms with Crippen LogP contribution in [0.3, 0.4) is 0 Å². The lowest BCUT2D eigenvalue weighted by Gasteiger charge is -2.24. The standard InChI is InChI=1S/C22H25N5O3/c1-13(2)8-17(27-21(28)30-22(3,4)5)20-25-16-7-6-14(19-11-24-12-29-19)9-15(16)18(10-23)26-20/h6-7,9,11-13,17H,8H2,1-5H3,(H,27,28). The molecule has 1 unspecified atom stereocenters. The number of rotatable bonds is 5. The summed E-state index contributed by atoms with van der Waals surface area (Å²) in [6.45, 7) is 9.49. The van der Waals surface area contributed by atoms with Gasteiger partial charge < -0.3 is 14.5 Å². The van der Waals surface area contributed by atoms with E-state index in [4.69, 9.17) is 9.15 Å². The van der Waals surface area contributed by atoms with E-state index in [1.54, 1.807) is 39.1 Å². The number of ether oxygens (including phenoxy) is 1. The minimum atomic E-state index is -0.619. The van der Waals surface area contributed by atoms with Gasteiger partial charge in [-0.05, 0) is 51.3 Å². The van der Waals surface area contributed by atoms with Crippen molar-refractivity contribution >= 4 is 17.0 Å². The molecule has 2 heterocycles. The molecule has 0 spiro atoms. The average molecular weight is 407 g/mol. The van der Waals surface area contributed by atoms with Crippen molar-refractivity contribution in [3.8, 4) is 17.4 Å². The first-order chi connectivity index (χ1) is 14.2. The Kier molecular flexibility index (Phi) is 6.01. The largest absolute Gasteiger partial charge is 0.444 e. The molecular formula is C22H25N5O3. The van der Waals surface area contributed by atoms with E-state index in [9.17, 15) is 10.1 Å². The lowest BCUT2D eigenvalue weighted by Crippen LogP contribution is -2.36. The van der Waals surface area contributed by atoms with Crippen LogP contribution in [0.2, 0.25) is 0 Å². The Labute approximate surface area is 175 Å². The fourth-order valence-electron chi connectivity index (χ4n) is 3.05. The lowest BCUT2D eigenvalue weighted by atomic mass is 10.0. The quantitative estimate of drug-likeness (QED) is 0.648. The highest BCUT2D eigenvalue weighted by Gasteiger charge is 2.24. The summed E-state index contributed by atoms with van der Waals surface area (Å²) >= 11 is 0. The molecule has 0 bridgehead atoms. The maximum atomic E-state index is 12.3. The van der Waals surface area contributed by atoms with E-state index in [2.05, 4.69) is 26.3 Å².